The SMILES string of the molecule is COc1ccc(C#CCN)cc1CN1CCOC1=O. The Labute approximate surface area is 112 Å². The van der Waals surface area contributed by atoms with E-state index >= 15 is 0 Å². The molecule has 0 atom stereocenters. The highest BCUT2D eigenvalue weighted by Gasteiger charge is 2.23. The predicted molar refractivity (Wildman–Crippen MR) is 70.7 cm³/mol. The lowest BCUT2D eigenvalue weighted by atomic mass is 10.1. The maximum atomic E-state index is 11.5. The van der Waals surface area contributed by atoms with E-state index < -0.39 is 0 Å². The maximum Gasteiger partial charge on any atom is 0.410 e. The van der Waals surface area contributed by atoms with Crippen molar-refractivity contribution in [2.75, 3.05) is 26.8 Å². The van der Waals surface area contributed by atoms with E-state index in [0.717, 1.165) is 16.9 Å². The second kappa shape index (κ2) is 6.12. The van der Waals surface area contributed by atoms with Crippen molar-refractivity contribution in [2.24, 2.45) is 5.73 Å². The summed E-state index contributed by atoms with van der Waals surface area (Å²) in [4.78, 5) is 13.1. The van der Waals surface area contributed by atoms with Gasteiger partial charge in [0.1, 0.15) is 12.4 Å². The number of methoxy groups -OCH3 is 1. The molecule has 5 heteroatoms. The number of ether oxygens (including phenoxy) is 2. The van der Waals surface area contributed by atoms with Gasteiger partial charge in [-0.3, -0.25) is 0 Å². The molecule has 1 fully saturated rings. The zero-order valence-electron chi connectivity index (χ0n) is 10.8. The van der Waals surface area contributed by atoms with Crippen LogP contribution in [0, 0.1) is 11.8 Å². The summed E-state index contributed by atoms with van der Waals surface area (Å²) in [6, 6.07) is 5.62. The molecule has 0 aromatic heterocycles. The van der Waals surface area contributed by atoms with Crippen LogP contribution in [0.5, 0.6) is 5.75 Å². The zero-order valence-corrected chi connectivity index (χ0v) is 10.8. The molecule has 1 aliphatic rings. The van der Waals surface area contributed by atoms with Gasteiger partial charge in [0.2, 0.25) is 0 Å². The first-order chi connectivity index (χ1) is 9.24. The lowest BCUT2D eigenvalue weighted by molar-refractivity contribution is 0.157. The molecule has 0 spiro atoms. The monoisotopic (exact) mass is 260 g/mol. The maximum absolute atomic E-state index is 11.5. The first-order valence-electron chi connectivity index (χ1n) is 6.02. The molecule has 1 heterocycles. The third kappa shape index (κ3) is 3.18. The van der Waals surface area contributed by atoms with Crippen LogP contribution in [0.4, 0.5) is 4.79 Å². The minimum Gasteiger partial charge on any atom is -0.496 e. The number of benzene rings is 1. The fourth-order valence-corrected chi connectivity index (χ4v) is 1.91. The van der Waals surface area contributed by atoms with E-state index in [1.54, 1.807) is 12.0 Å². The Morgan fingerprint density at radius 2 is 2.37 bits per heavy atom. The molecule has 1 aromatic carbocycles. The second-order valence-electron chi connectivity index (χ2n) is 4.07. The lowest BCUT2D eigenvalue weighted by Crippen LogP contribution is -2.23. The van der Waals surface area contributed by atoms with Crippen LogP contribution in [0.3, 0.4) is 0 Å². The Kier molecular flexibility index (Phi) is 4.26. The fraction of sp³-hybridized carbons (Fsp3) is 0.357. The molecule has 1 saturated heterocycles. The number of hydrogen-bond donors (Lipinski definition) is 1. The number of rotatable bonds is 3. The van der Waals surface area contributed by atoms with E-state index in [2.05, 4.69) is 11.8 Å². The smallest absolute Gasteiger partial charge is 0.410 e. The molecule has 2 rings (SSSR count). The van der Waals surface area contributed by atoms with Crippen molar-refractivity contribution in [1.29, 1.82) is 0 Å². The second-order valence-corrected chi connectivity index (χ2v) is 4.07. The van der Waals surface area contributed by atoms with E-state index in [9.17, 15) is 4.79 Å². The van der Waals surface area contributed by atoms with E-state index in [-0.39, 0.29) is 6.09 Å². The van der Waals surface area contributed by atoms with Gasteiger partial charge in [0, 0.05) is 11.1 Å². The molecule has 19 heavy (non-hydrogen) atoms. The van der Waals surface area contributed by atoms with Gasteiger partial charge in [-0.2, -0.15) is 0 Å². The third-order valence-corrected chi connectivity index (χ3v) is 2.82. The molecule has 0 aliphatic carbocycles. The summed E-state index contributed by atoms with van der Waals surface area (Å²) in [7, 11) is 1.60. The Balaban J connectivity index is 2.23. The Bertz CT molecular complexity index is 531. The predicted octanol–water partition coefficient (Wildman–Crippen LogP) is 0.958. The first-order valence-corrected chi connectivity index (χ1v) is 6.02. The zero-order chi connectivity index (χ0) is 13.7. The third-order valence-electron chi connectivity index (χ3n) is 2.82. The molecule has 0 radical (unpaired) electrons. The normalized spacial score (nSPS) is 13.8. The van der Waals surface area contributed by atoms with Crippen LogP contribution in [-0.2, 0) is 11.3 Å². The summed E-state index contributed by atoms with van der Waals surface area (Å²) in [5, 5.41) is 0. The van der Waals surface area contributed by atoms with Crippen LogP contribution in [0.1, 0.15) is 11.1 Å². The van der Waals surface area contributed by atoms with Crippen molar-refractivity contribution >= 4 is 6.09 Å². The largest absolute Gasteiger partial charge is 0.496 e. The Morgan fingerprint density at radius 1 is 1.53 bits per heavy atom. The number of carbonyl (C=O) groups excluding carboxylic acids is 1. The van der Waals surface area contributed by atoms with Crippen LogP contribution < -0.4 is 10.5 Å². The molecule has 1 aliphatic heterocycles. The van der Waals surface area contributed by atoms with Gasteiger partial charge in [0.05, 0.1) is 26.7 Å². The standard InChI is InChI=1S/C14H16N2O3/c1-18-13-5-4-11(3-2-6-15)9-12(13)10-16-7-8-19-14(16)17/h4-5,9H,6-8,10,15H2,1H3. The van der Waals surface area contributed by atoms with Gasteiger partial charge in [-0.1, -0.05) is 11.8 Å². The summed E-state index contributed by atoms with van der Waals surface area (Å²) in [5.41, 5.74) is 7.12. The van der Waals surface area contributed by atoms with Crippen LogP contribution in [0.15, 0.2) is 18.2 Å². The van der Waals surface area contributed by atoms with Gasteiger partial charge in [0.15, 0.2) is 0 Å². The lowest BCUT2D eigenvalue weighted by Gasteiger charge is -2.15. The Hall–Kier alpha value is -2.19. The minimum absolute atomic E-state index is 0.291. The number of carbonyl (C=O) groups is 1. The van der Waals surface area contributed by atoms with Gasteiger partial charge in [-0.15, -0.1) is 0 Å². The molecule has 1 amide bonds. The quantitative estimate of drug-likeness (QED) is 0.822. The van der Waals surface area contributed by atoms with Crippen LogP contribution in [0.25, 0.3) is 0 Å². The molecule has 0 unspecified atom stereocenters. The average molecular weight is 260 g/mol. The summed E-state index contributed by atoms with van der Waals surface area (Å²) in [6.45, 7) is 1.81. The highest BCUT2D eigenvalue weighted by atomic mass is 16.6. The van der Waals surface area contributed by atoms with Crippen LogP contribution in [-0.4, -0.2) is 37.8 Å². The van der Waals surface area contributed by atoms with Crippen LogP contribution in [0.2, 0.25) is 0 Å². The first kappa shape index (κ1) is 13.2. The molecule has 5 nitrogen and oxygen atoms in total. The van der Waals surface area contributed by atoms with Crippen LogP contribution >= 0.6 is 0 Å². The average Bonchev–Trinajstić information content (AvgIpc) is 2.82. The van der Waals surface area contributed by atoms with Gasteiger partial charge >= 0.3 is 6.09 Å². The van der Waals surface area contributed by atoms with E-state index in [4.69, 9.17) is 15.2 Å². The van der Waals surface area contributed by atoms with Crippen molar-refractivity contribution in [3.63, 3.8) is 0 Å². The Morgan fingerprint density at radius 3 is 3.00 bits per heavy atom. The minimum atomic E-state index is -0.291. The number of nitrogens with zero attached hydrogens (tertiary/aromatic N) is 1. The van der Waals surface area contributed by atoms with E-state index in [0.29, 0.717) is 26.2 Å². The molecular formula is C14H16N2O3. The number of hydrogen-bond acceptors (Lipinski definition) is 4. The summed E-state index contributed by atoms with van der Waals surface area (Å²) in [6.07, 6.45) is -0.291. The van der Waals surface area contributed by atoms with Gasteiger partial charge in [-0.05, 0) is 18.2 Å². The number of nitrogens with two attached hydrogens (primary N) is 1. The summed E-state index contributed by atoms with van der Waals surface area (Å²) in [5.74, 6) is 6.50. The van der Waals surface area contributed by atoms with Crippen molar-refractivity contribution in [2.45, 2.75) is 6.54 Å². The van der Waals surface area contributed by atoms with E-state index in [1.165, 1.54) is 0 Å². The summed E-state index contributed by atoms with van der Waals surface area (Å²) >= 11 is 0. The fourth-order valence-electron chi connectivity index (χ4n) is 1.91. The van der Waals surface area contributed by atoms with Gasteiger partial charge < -0.3 is 20.1 Å². The molecule has 0 bridgehead atoms. The molecular weight excluding hydrogens is 244 g/mol. The van der Waals surface area contributed by atoms with E-state index in [1.807, 2.05) is 18.2 Å². The highest BCUT2D eigenvalue weighted by molar-refractivity contribution is 5.69. The highest BCUT2D eigenvalue weighted by Crippen LogP contribution is 2.22. The molecule has 100 valence electrons. The molecule has 1 aromatic rings. The van der Waals surface area contributed by atoms with Crippen molar-refractivity contribution < 1.29 is 14.3 Å². The number of cyclic esters (lactones) is 1. The van der Waals surface area contributed by atoms with Crippen molar-refractivity contribution in [3.8, 4) is 17.6 Å². The van der Waals surface area contributed by atoms with Crippen molar-refractivity contribution in [1.82, 2.24) is 4.90 Å². The topological polar surface area (TPSA) is 64.8 Å². The molecule has 2 N–H and O–H groups in total. The van der Waals surface area contributed by atoms with Gasteiger partial charge in [-0.25, -0.2) is 4.79 Å². The van der Waals surface area contributed by atoms with Gasteiger partial charge in [0.25, 0.3) is 0 Å². The molecule has 0 saturated carbocycles. The number of amides is 1. The van der Waals surface area contributed by atoms with Crippen molar-refractivity contribution in [3.05, 3.63) is 29.3 Å². The summed E-state index contributed by atoms with van der Waals surface area (Å²) < 4.78 is 10.2.